The summed E-state index contributed by atoms with van der Waals surface area (Å²) in [5.41, 5.74) is 6.46. The molecule has 2 heterocycles. The van der Waals surface area contributed by atoms with E-state index in [9.17, 15) is 0 Å². The maximum atomic E-state index is 5.77. The van der Waals surface area contributed by atoms with Crippen molar-refractivity contribution in [2.45, 2.75) is 19.4 Å². The van der Waals surface area contributed by atoms with E-state index in [2.05, 4.69) is 15.2 Å². The van der Waals surface area contributed by atoms with Crippen LogP contribution in [0.25, 0.3) is 11.5 Å². The van der Waals surface area contributed by atoms with Crippen LogP contribution in [0.15, 0.2) is 16.8 Å². The van der Waals surface area contributed by atoms with Crippen LogP contribution in [0.3, 0.4) is 0 Å². The molecule has 6 nitrogen and oxygen atoms in total. The summed E-state index contributed by atoms with van der Waals surface area (Å²) in [4.78, 5) is 4.19. The van der Waals surface area contributed by atoms with E-state index in [1.165, 1.54) is 0 Å². The van der Waals surface area contributed by atoms with Crippen LogP contribution in [0, 0.1) is 0 Å². The van der Waals surface area contributed by atoms with Crippen LogP contribution in [0.4, 0.5) is 0 Å². The highest BCUT2D eigenvalue weighted by molar-refractivity contribution is 5.46. The Balaban J connectivity index is 2.27. The van der Waals surface area contributed by atoms with E-state index in [4.69, 9.17) is 10.3 Å². The van der Waals surface area contributed by atoms with Gasteiger partial charge < -0.3 is 10.3 Å². The van der Waals surface area contributed by atoms with Gasteiger partial charge in [0.1, 0.15) is 5.69 Å². The SMILES string of the molecule is CC[C@@H](N)c1nc(-c2ccn(C)n2)no1. The van der Waals surface area contributed by atoms with Gasteiger partial charge in [0.25, 0.3) is 0 Å². The molecule has 0 saturated carbocycles. The van der Waals surface area contributed by atoms with Gasteiger partial charge in [-0.05, 0) is 12.5 Å². The highest BCUT2D eigenvalue weighted by atomic mass is 16.5. The number of hydrogen-bond acceptors (Lipinski definition) is 5. The molecule has 80 valence electrons. The van der Waals surface area contributed by atoms with Crippen LogP contribution >= 0.6 is 0 Å². The zero-order valence-electron chi connectivity index (χ0n) is 8.71. The molecule has 0 spiro atoms. The summed E-state index contributed by atoms with van der Waals surface area (Å²) in [5.74, 6) is 0.938. The lowest BCUT2D eigenvalue weighted by atomic mass is 10.2. The Morgan fingerprint density at radius 1 is 1.60 bits per heavy atom. The molecule has 0 aromatic carbocycles. The lowest BCUT2D eigenvalue weighted by Gasteiger charge is -1.98. The number of aromatic nitrogens is 4. The summed E-state index contributed by atoms with van der Waals surface area (Å²) in [6.07, 6.45) is 2.59. The van der Waals surface area contributed by atoms with E-state index < -0.39 is 0 Å². The predicted molar refractivity (Wildman–Crippen MR) is 53.7 cm³/mol. The monoisotopic (exact) mass is 207 g/mol. The topological polar surface area (TPSA) is 82.8 Å². The Morgan fingerprint density at radius 2 is 2.40 bits per heavy atom. The van der Waals surface area contributed by atoms with Gasteiger partial charge in [-0.15, -0.1) is 0 Å². The van der Waals surface area contributed by atoms with Crippen LogP contribution in [0.2, 0.25) is 0 Å². The molecule has 0 bridgehead atoms. The molecule has 15 heavy (non-hydrogen) atoms. The van der Waals surface area contributed by atoms with Gasteiger partial charge in [0.15, 0.2) is 0 Å². The average molecular weight is 207 g/mol. The van der Waals surface area contributed by atoms with Crippen molar-refractivity contribution in [3.05, 3.63) is 18.2 Å². The Hall–Kier alpha value is -1.69. The van der Waals surface area contributed by atoms with Crippen LogP contribution in [-0.4, -0.2) is 19.9 Å². The van der Waals surface area contributed by atoms with Gasteiger partial charge in [-0.25, -0.2) is 0 Å². The largest absolute Gasteiger partial charge is 0.337 e. The van der Waals surface area contributed by atoms with Crippen LogP contribution in [0.5, 0.6) is 0 Å². The number of hydrogen-bond donors (Lipinski definition) is 1. The third-order valence-electron chi connectivity index (χ3n) is 2.14. The maximum Gasteiger partial charge on any atom is 0.243 e. The molecule has 2 aromatic rings. The summed E-state index contributed by atoms with van der Waals surface area (Å²) in [6.45, 7) is 1.97. The molecule has 2 N–H and O–H groups in total. The van der Waals surface area contributed by atoms with Crippen LogP contribution < -0.4 is 5.73 Å². The molecule has 2 aromatic heterocycles. The highest BCUT2D eigenvalue weighted by Crippen LogP contribution is 2.16. The predicted octanol–water partition coefficient (Wildman–Crippen LogP) is 0.880. The minimum atomic E-state index is -0.199. The van der Waals surface area contributed by atoms with Gasteiger partial charge in [-0.2, -0.15) is 10.1 Å². The van der Waals surface area contributed by atoms with E-state index in [1.54, 1.807) is 4.68 Å². The zero-order chi connectivity index (χ0) is 10.8. The first-order chi connectivity index (χ1) is 7.20. The fourth-order valence-corrected chi connectivity index (χ4v) is 1.20. The lowest BCUT2D eigenvalue weighted by Crippen LogP contribution is -2.08. The Kier molecular flexibility index (Phi) is 2.51. The molecule has 0 amide bonds. The fraction of sp³-hybridized carbons (Fsp3) is 0.444. The summed E-state index contributed by atoms with van der Waals surface area (Å²) >= 11 is 0. The van der Waals surface area contributed by atoms with E-state index in [1.807, 2.05) is 26.2 Å². The molecule has 1 atom stereocenters. The van der Waals surface area contributed by atoms with Crippen molar-refractivity contribution in [3.63, 3.8) is 0 Å². The van der Waals surface area contributed by atoms with Crippen molar-refractivity contribution in [1.82, 2.24) is 19.9 Å². The van der Waals surface area contributed by atoms with Gasteiger partial charge in [-0.1, -0.05) is 12.1 Å². The van der Waals surface area contributed by atoms with Crippen molar-refractivity contribution in [3.8, 4) is 11.5 Å². The van der Waals surface area contributed by atoms with E-state index in [-0.39, 0.29) is 6.04 Å². The third kappa shape index (κ3) is 1.89. The van der Waals surface area contributed by atoms with Gasteiger partial charge in [-0.3, -0.25) is 4.68 Å². The first-order valence-corrected chi connectivity index (χ1v) is 4.80. The van der Waals surface area contributed by atoms with E-state index in [0.29, 0.717) is 17.4 Å². The van der Waals surface area contributed by atoms with Crippen molar-refractivity contribution in [1.29, 1.82) is 0 Å². The number of nitrogens with zero attached hydrogens (tertiary/aromatic N) is 4. The van der Waals surface area contributed by atoms with Gasteiger partial charge in [0.05, 0.1) is 6.04 Å². The molecule has 0 aliphatic rings. The first-order valence-electron chi connectivity index (χ1n) is 4.80. The molecule has 0 aliphatic carbocycles. The quantitative estimate of drug-likeness (QED) is 0.807. The third-order valence-corrected chi connectivity index (χ3v) is 2.14. The minimum Gasteiger partial charge on any atom is -0.337 e. The molecule has 0 fully saturated rings. The normalized spacial score (nSPS) is 13.0. The summed E-state index contributed by atoms with van der Waals surface area (Å²) < 4.78 is 6.73. The van der Waals surface area contributed by atoms with Gasteiger partial charge >= 0.3 is 0 Å². The molecule has 2 rings (SSSR count). The van der Waals surface area contributed by atoms with Gasteiger partial charge in [0.2, 0.25) is 11.7 Å². The van der Waals surface area contributed by atoms with Crippen LogP contribution in [0.1, 0.15) is 25.3 Å². The lowest BCUT2D eigenvalue weighted by molar-refractivity contribution is 0.352. The van der Waals surface area contributed by atoms with Crippen LogP contribution in [-0.2, 0) is 7.05 Å². The summed E-state index contributed by atoms with van der Waals surface area (Å²) in [7, 11) is 1.84. The first kappa shape index (κ1) is 9.85. The molecule has 0 saturated heterocycles. The van der Waals surface area contributed by atoms with Crippen molar-refractivity contribution < 1.29 is 4.52 Å². The average Bonchev–Trinajstić information content (AvgIpc) is 2.84. The molecule has 0 radical (unpaired) electrons. The molecule has 6 heteroatoms. The minimum absolute atomic E-state index is 0.199. The highest BCUT2D eigenvalue weighted by Gasteiger charge is 2.15. The summed E-state index contributed by atoms with van der Waals surface area (Å²) in [5, 5.41) is 8.00. The second-order valence-electron chi connectivity index (χ2n) is 3.35. The van der Waals surface area contributed by atoms with Crippen molar-refractivity contribution in [2.24, 2.45) is 12.8 Å². The Labute approximate surface area is 87.1 Å². The van der Waals surface area contributed by atoms with Crippen molar-refractivity contribution >= 4 is 0 Å². The van der Waals surface area contributed by atoms with E-state index >= 15 is 0 Å². The van der Waals surface area contributed by atoms with Gasteiger partial charge in [0, 0.05) is 13.2 Å². The smallest absolute Gasteiger partial charge is 0.243 e. The molecular weight excluding hydrogens is 194 g/mol. The fourth-order valence-electron chi connectivity index (χ4n) is 1.20. The summed E-state index contributed by atoms with van der Waals surface area (Å²) in [6, 6.07) is 1.63. The second-order valence-corrected chi connectivity index (χ2v) is 3.35. The Morgan fingerprint density at radius 3 is 3.00 bits per heavy atom. The number of nitrogens with two attached hydrogens (primary N) is 1. The zero-order valence-corrected chi connectivity index (χ0v) is 8.71. The van der Waals surface area contributed by atoms with E-state index in [0.717, 1.165) is 6.42 Å². The number of aryl methyl sites for hydroxylation is 1. The van der Waals surface area contributed by atoms with Crippen molar-refractivity contribution in [2.75, 3.05) is 0 Å². The molecular formula is C9H13N5O. The second kappa shape index (κ2) is 3.82. The Bertz CT molecular complexity index is 447. The number of rotatable bonds is 3. The molecule has 0 unspecified atom stereocenters. The maximum absolute atomic E-state index is 5.77. The standard InChI is InChI=1S/C9H13N5O/c1-3-6(10)9-11-8(13-15-9)7-4-5-14(2)12-7/h4-6H,3,10H2,1-2H3/t6-/m1/s1. The molecule has 0 aliphatic heterocycles.